The summed E-state index contributed by atoms with van der Waals surface area (Å²) in [6.07, 6.45) is 2.64. The molecule has 0 unspecified atom stereocenters. The average Bonchev–Trinajstić information content (AvgIpc) is 2.45. The molecule has 0 saturated heterocycles. The maximum atomic E-state index is 12.0. The van der Waals surface area contributed by atoms with Crippen LogP contribution in [0.5, 0.6) is 0 Å². The van der Waals surface area contributed by atoms with Gasteiger partial charge in [-0.1, -0.05) is 17.7 Å². The van der Waals surface area contributed by atoms with Crippen LogP contribution in [0.3, 0.4) is 0 Å². The number of benzene rings is 1. The summed E-state index contributed by atoms with van der Waals surface area (Å²) in [6, 6.07) is 9.13. The van der Waals surface area contributed by atoms with Gasteiger partial charge in [0.05, 0.1) is 21.2 Å². The van der Waals surface area contributed by atoms with Crippen LogP contribution in [0.15, 0.2) is 47.5 Å². The minimum absolute atomic E-state index is 0.00974. The number of carbonyl (C=O) groups is 1. The highest BCUT2D eigenvalue weighted by atomic mass is 35.5. The molecule has 110 valence electrons. The molecule has 21 heavy (non-hydrogen) atoms. The van der Waals surface area contributed by atoms with Gasteiger partial charge in [-0.05, 0) is 30.3 Å². The quantitative estimate of drug-likeness (QED) is 0.807. The molecule has 0 aliphatic heterocycles. The lowest BCUT2D eigenvalue weighted by Crippen LogP contribution is -2.08. The van der Waals surface area contributed by atoms with Crippen molar-refractivity contribution in [2.75, 3.05) is 6.26 Å². The summed E-state index contributed by atoms with van der Waals surface area (Å²) in [5.41, 5.74) is 0.594. The van der Waals surface area contributed by atoms with Crippen molar-refractivity contribution in [1.82, 2.24) is 4.98 Å². The summed E-state index contributed by atoms with van der Waals surface area (Å²) in [6.45, 7) is -0.0148. The second kappa shape index (κ2) is 6.24. The van der Waals surface area contributed by atoms with Gasteiger partial charge in [-0.3, -0.25) is 4.98 Å². The summed E-state index contributed by atoms with van der Waals surface area (Å²) in [5.74, 6) is -0.698. The summed E-state index contributed by atoms with van der Waals surface area (Å²) >= 11 is 5.91. The van der Waals surface area contributed by atoms with E-state index in [0.29, 0.717) is 5.69 Å². The van der Waals surface area contributed by atoms with Gasteiger partial charge in [0, 0.05) is 12.5 Å². The van der Waals surface area contributed by atoms with Crippen LogP contribution in [0, 0.1) is 0 Å². The second-order valence-corrected chi connectivity index (χ2v) is 6.73. The van der Waals surface area contributed by atoms with Crippen molar-refractivity contribution >= 4 is 27.4 Å². The summed E-state index contributed by atoms with van der Waals surface area (Å²) < 4.78 is 28.1. The maximum Gasteiger partial charge on any atom is 0.340 e. The van der Waals surface area contributed by atoms with Crippen molar-refractivity contribution in [3.8, 4) is 0 Å². The zero-order chi connectivity index (χ0) is 15.5. The Morgan fingerprint density at radius 2 is 2.05 bits per heavy atom. The maximum absolute atomic E-state index is 12.0. The molecule has 0 atom stereocenters. The molecule has 0 aliphatic rings. The average molecular weight is 326 g/mol. The Kier molecular flexibility index (Phi) is 4.59. The molecule has 1 heterocycles. The van der Waals surface area contributed by atoms with Crippen molar-refractivity contribution < 1.29 is 17.9 Å². The van der Waals surface area contributed by atoms with Gasteiger partial charge in [0.2, 0.25) is 0 Å². The van der Waals surface area contributed by atoms with Crippen LogP contribution >= 0.6 is 11.6 Å². The van der Waals surface area contributed by atoms with E-state index in [1.165, 1.54) is 18.2 Å². The van der Waals surface area contributed by atoms with Crippen molar-refractivity contribution in [2.45, 2.75) is 11.5 Å². The van der Waals surface area contributed by atoms with E-state index in [1.54, 1.807) is 24.4 Å². The smallest absolute Gasteiger partial charge is 0.340 e. The lowest BCUT2D eigenvalue weighted by Gasteiger charge is -2.07. The molecule has 0 bridgehead atoms. The van der Waals surface area contributed by atoms with Gasteiger partial charge in [-0.25, -0.2) is 13.2 Å². The molecule has 0 N–H and O–H groups in total. The van der Waals surface area contributed by atoms with Gasteiger partial charge in [0.1, 0.15) is 6.61 Å². The molecule has 7 heteroatoms. The van der Waals surface area contributed by atoms with E-state index >= 15 is 0 Å². The largest absolute Gasteiger partial charge is 0.456 e. The van der Waals surface area contributed by atoms with E-state index in [-0.39, 0.29) is 22.1 Å². The lowest BCUT2D eigenvalue weighted by molar-refractivity contribution is 0.0467. The van der Waals surface area contributed by atoms with Crippen LogP contribution in [0.1, 0.15) is 16.1 Å². The minimum Gasteiger partial charge on any atom is -0.456 e. The highest BCUT2D eigenvalue weighted by Gasteiger charge is 2.16. The van der Waals surface area contributed by atoms with E-state index in [9.17, 15) is 13.2 Å². The summed E-state index contributed by atoms with van der Waals surface area (Å²) in [4.78, 5) is 16.0. The molecule has 2 aromatic rings. The number of ether oxygens (including phenoxy) is 1. The zero-order valence-corrected chi connectivity index (χ0v) is 12.7. The number of sulfone groups is 1. The summed E-state index contributed by atoms with van der Waals surface area (Å²) in [7, 11) is -3.42. The number of carbonyl (C=O) groups excluding carboxylic acids is 1. The predicted octanol–water partition coefficient (Wildman–Crippen LogP) is 2.50. The van der Waals surface area contributed by atoms with Crippen LogP contribution in [-0.2, 0) is 21.2 Å². The minimum atomic E-state index is -3.42. The normalized spacial score (nSPS) is 11.1. The molecule has 1 aromatic carbocycles. The predicted molar refractivity (Wildman–Crippen MR) is 77.9 cm³/mol. The number of hydrogen-bond donors (Lipinski definition) is 0. The number of esters is 1. The fourth-order valence-electron chi connectivity index (χ4n) is 1.59. The monoisotopic (exact) mass is 325 g/mol. The fraction of sp³-hybridized carbons (Fsp3) is 0.143. The lowest BCUT2D eigenvalue weighted by atomic mass is 10.2. The molecule has 1 aromatic heterocycles. The highest BCUT2D eigenvalue weighted by Crippen LogP contribution is 2.21. The van der Waals surface area contributed by atoms with Gasteiger partial charge >= 0.3 is 5.97 Å². The Morgan fingerprint density at radius 3 is 2.67 bits per heavy atom. The molecular weight excluding hydrogens is 314 g/mol. The van der Waals surface area contributed by atoms with Gasteiger partial charge in [0.25, 0.3) is 0 Å². The van der Waals surface area contributed by atoms with Crippen molar-refractivity contribution in [3.05, 3.63) is 58.9 Å². The Hall–Kier alpha value is -1.92. The van der Waals surface area contributed by atoms with Crippen molar-refractivity contribution in [3.63, 3.8) is 0 Å². The summed E-state index contributed by atoms with van der Waals surface area (Å²) in [5, 5.41) is 0.133. The van der Waals surface area contributed by atoms with Crippen LogP contribution in [-0.4, -0.2) is 25.6 Å². The van der Waals surface area contributed by atoms with Crippen LogP contribution in [0.4, 0.5) is 0 Å². The van der Waals surface area contributed by atoms with Crippen LogP contribution in [0.25, 0.3) is 0 Å². The Balaban J connectivity index is 2.19. The Labute approximate surface area is 127 Å². The fourth-order valence-corrected chi connectivity index (χ4v) is 2.43. The molecule has 0 amide bonds. The van der Waals surface area contributed by atoms with E-state index in [4.69, 9.17) is 16.3 Å². The van der Waals surface area contributed by atoms with Gasteiger partial charge < -0.3 is 4.74 Å². The third kappa shape index (κ3) is 4.03. The first kappa shape index (κ1) is 15.5. The van der Waals surface area contributed by atoms with E-state index < -0.39 is 15.8 Å². The van der Waals surface area contributed by atoms with Crippen molar-refractivity contribution in [1.29, 1.82) is 0 Å². The first-order chi connectivity index (χ1) is 9.88. The molecule has 0 fully saturated rings. The van der Waals surface area contributed by atoms with E-state index in [0.717, 1.165) is 6.26 Å². The molecule has 2 rings (SSSR count). The molecule has 0 radical (unpaired) electrons. The number of hydrogen-bond acceptors (Lipinski definition) is 5. The molecule has 0 spiro atoms. The van der Waals surface area contributed by atoms with Crippen LogP contribution < -0.4 is 0 Å². The number of halogens is 1. The van der Waals surface area contributed by atoms with Gasteiger partial charge in [-0.15, -0.1) is 0 Å². The first-order valence-corrected chi connectivity index (χ1v) is 8.21. The topological polar surface area (TPSA) is 73.3 Å². The number of pyridine rings is 1. The van der Waals surface area contributed by atoms with Crippen LogP contribution in [0.2, 0.25) is 5.02 Å². The number of nitrogens with zero attached hydrogens (tertiary/aromatic N) is 1. The molecule has 5 nitrogen and oxygen atoms in total. The first-order valence-electron chi connectivity index (χ1n) is 5.94. The third-order valence-electron chi connectivity index (χ3n) is 2.66. The number of aromatic nitrogens is 1. The highest BCUT2D eigenvalue weighted by molar-refractivity contribution is 7.90. The SMILES string of the molecule is CS(=O)(=O)c1ccc(Cl)c(C(=O)OCc2ccccn2)c1. The van der Waals surface area contributed by atoms with Gasteiger partial charge in [0.15, 0.2) is 9.84 Å². The Bertz CT molecular complexity index is 760. The second-order valence-electron chi connectivity index (χ2n) is 4.31. The molecule has 0 aliphatic carbocycles. The van der Waals surface area contributed by atoms with Gasteiger partial charge in [-0.2, -0.15) is 0 Å². The third-order valence-corrected chi connectivity index (χ3v) is 4.10. The standard InChI is InChI=1S/C14H12ClNO4S/c1-21(18,19)11-5-6-13(15)12(8-11)14(17)20-9-10-4-2-3-7-16-10/h2-8H,9H2,1H3. The van der Waals surface area contributed by atoms with E-state index in [2.05, 4.69) is 4.98 Å². The Morgan fingerprint density at radius 1 is 1.29 bits per heavy atom. The number of rotatable bonds is 4. The molecule has 0 saturated carbocycles. The van der Waals surface area contributed by atoms with E-state index in [1.807, 2.05) is 0 Å². The zero-order valence-electron chi connectivity index (χ0n) is 11.1. The van der Waals surface area contributed by atoms with Crippen molar-refractivity contribution in [2.24, 2.45) is 0 Å². The molecular formula is C14H12ClNO4S.